The Kier molecular flexibility index (Phi) is 7.25. The van der Waals surface area contributed by atoms with Gasteiger partial charge in [0.05, 0.1) is 22.2 Å². The van der Waals surface area contributed by atoms with Crippen molar-refractivity contribution >= 4 is 32.3 Å². The van der Waals surface area contributed by atoms with Gasteiger partial charge in [0, 0.05) is 35.9 Å². The molecule has 0 spiro atoms. The summed E-state index contributed by atoms with van der Waals surface area (Å²) in [5.41, 5.74) is 9.87. The molecule has 0 aliphatic heterocycles. The van der Waals surface area contributed by atoms with E-state index in [1.54, 1.807) is 30.3 Å². The maximum Gasteiger partial charge on any atom is 0.261 e. The van der Waals surface area contributed by atoms with Gasteiger partial charge in [0.25, 0.3) is 10.0 Å². The van der Waals surface area contributed by atoms with E-state index >= 15 is 0 Å². The Morgan fingerprint density at radius 2 is 1.94 bits per heavy atom. The molecule has 1 aromatic heterocycles. The Bertz CT molecular complexity index is 1440. The van der Waals surface area contributed by atoms with Gasteiger partial charge in [-0.25, -0.2) is 8.42 Å². The van der Waals surface area contributed by atoms with Gasteiger partial charge in [0.2, 0.25) is 0 Å². The number of nitrogen functional groups attached to an aromatic ring is 1. The van der Waals surface area contributed by atoms with E-state index < -0.39 is 16.1 Å². The first kappa shape index (κ1) is 24.5. The van der Waals surface area contributed by atoms with Gasteiger partial charge in [0.1, 0.15) is 12.4 Å². The molecule has 0 radical (unpaired) electrons. The molecule has 4 rings (SSSR count). The van der Waals surface area contributed by atoms with Crippen LogP contribution in [0.25, 0.3) is 10.9 Å². The number of fused-ring (bicyclic) bond motifs is 1. The van der Waals surface area contributed by atoms with Crippen LogP contribution in [0.1, 0.15) is 22.9 Å². The second-order valence-electron chi connectivity index (χ2n) is 8.33. The van der Waals surface area contributed by atoms with Crippen molar-refractivity contribution < 1.29 is 18.3 Å². The molecular formula is C25H29N5O4S. The predicted octanol–water partition coefficient (Wildman–Crippen LogP) is 3.26. The van der Waals surface area contributed by atoms with Crippen LogP contribution in [-0.4, -0.2) is 43.4 Å². The number of sulfonamides is 1. The largest absolute Gasteiger partial charge is 0.492 e. The van der Waals surface area contributed by atoms with Crippen LogP contribution in [0.4, 0.5) is 11.4 Å². The lowest BCUT2D eigenvalue weighted by molar-refractivity contribution is 0.172. The van der Waals surface area contributed by atoms with Crippen molar-refractivity contribution in [1.29, 1.82) is 0 Å². The molecule has 0 aliphatic rings. The number of aliphatic hydroxyl groups is 1. The zero-order chi connectivity index (χ0) is 25.0. The summed E-state index contributed by atoms with van der Waals surface area (Å²) in [7, 11) is -3.81. The van der Waals surface area contributed by atoms with E-state index in [1.165, 1.54) is 12.1 Å². The third-order valence-corrected chi connectivity index (χ3v) is 7.07. The molecule has 9 nitrogen and oxygen atoms in total. The highest BCUT2D eigenvalue weighted by atomic mass is 32.2. The number of aromatic nitrogens is 2. The standard InChI is InChI=1S/C25H29N5O4S/c1-16-6-8-21(14-23(16)26)35(32,33)30-19-5-3-4-18(12-19)25(31)15-27-10-11-34-20-7-9-22-17(2)28-29-24(22)13-20/h3-9,12-14,25,27,30-31H,10-11,15,26H2,1-2H3,(H,28,29)/t25-/m0/s1. The summed E-state index contributed by atoms with van der Waals surface area (Å²) in [6.07, 6.45) is -0.821. The van der Waals surface area contributed by atoms with Crippen molar-refractivity contribution in [3.05, 3.63) is 77.5 Å². The zero-order valence-electron chi connectivity index (χ0n) is 19.6. The van der Waals surface area contributed by atoms with Crippen LogP contribution in [0.3, 0.4) is 0 Å². The summed E-state index contributed by atoms with van der Waals surface area (Å²) < 4.78 is 33.7. The number of aromatic amines is 1. The van der Waals surface area contributed by atoms with Crippen LogP contribution in [0.5, 0.6) is 5.75 Å². The molecule has 184 valence electrons. The maximum absolute atomic E-state index is 12.7. The van der Waals surface area contributed by atoms with Crippen LogP contribution in [0.15, 0.2) is 65.6 Å². The lowest BCUT2D eigenvalue weighted by atomic mass is 10.1. The first-order valence-corrected chi connectivity index (χ1v) is 12.7. The minimum Gasteiger partial charge on any atom is -0.492 e. The summed E-state index contributed by atoms with van der Waals surface area (Å²) in [4.78, 5) is 0.0787. The molecule has 0 unspecified atom stereocenters. The SMILES string of the molecule is Cc1ccc(S(=O)(=O)Nc2cccc([C@@H](O)CNCCOc3ccc4c(C)n[nH]c4c3)c2)cc1N. The first-order chi connectivity index (χ1) is 16.7. The number of aliphatic hydroxyl groups excluding tert-OH is 1. The molecule has 0 bridgehead atoms. The fourth-order valence-corrected chi connectivity index (χ4v) is 4.72. The second kappa shape index (κ2) is 10.3. The molecule has 1 heterocycles. The van der Waals surface area contributed by atoms with Gasteiger partial charge in [-0.2, -0.15) is 5.10 Å². The summed E-state index contributed by atoms with van der Waals surface area (Å²) >= 11 is 0. The number of ether oxygens (including phenoxy) is 1. The summed E-state index contributed by atoms with van der Waals surface area (Å²) in [5, 5.41) is 21.9. The Labute approximate surface area is 204 Å². The van der Waals surface area contributed by atoms with Crippen LogP contribution < -0.4 is 20.5 Å². The van der Waals surface area contributed by atoms with E-state index in [4.69, 9.17) is 10.5 Å². The quantitative estimate of drug-likeness (QED) is 0.168. The molecular weight excluding hydrogens is 466 g/mol. The van der Waals surface area contributed by atoms with E-state index in [0.29, 0.717) is 30.1 Å². The topological polar surface area (TPSA) is 142 Å². The molecule has 0 saturated carbocycles. The number of rotatable bonds is 10. The van der Waals surface area contributed by atoms with Gasteiger partial charge < -0.3 is 20.9 Å². The lowest BCUT2D eigenvalue weighted by Gasteiger charge is -2.15. The number of H-pyrrole nitrogens is 1. The van der Waals surface area contributed by atoms with Crippen molar-refractivity contribution in [1.82, 2.24) is 15.5 Å². The van der Waals surface area contributed by atoms with Gasteiger partial charge in [0.15, 0.2) is 0 Å². The third kappa shape index (κ3) is 5.91. The average Bonchev–Trinajstić information content (AvgIpc) is 3.20. The molecule has 0 aliphatic carbocycles. The van der Waals surface area contributed by atoms with Crippen molar-refractivity contribution in [3.8, 4) is 5.75 Å². The van der Waals surface area contributed by atoms with Gasteiger partial charge in [-0.1, -0.05) is 18.2 Å². The highest BCUT2D eigenvalue weighted by molar-refractivity contribution is 7.92. The number of nitrogens with one attached hydrogen (secondary N) is 3. The Balaban J connectivity index is 1.28. The molecule has 0 amide bonds. The predicted molar refractivity (Wildman–Crippen MR) is 137 cm³/mol. The van der Waals surface area contributed by atoms with Gasteiger partial charge >= 0.3 is 0 Å². The fraction of sp³-hybridized carbons (Fsp3) is 0.240. The molecule has 0 saturated heterocycles. The maximum atomic E-state index is 12.7. The van der Waals surface area contributed by atoms with Crippen molar-refractivity contribution in [3.63, 3.8) is 0 Å². The summed E-state index contributed by atoms with van der Waals surface area (Å²) in [5.74, 6) is 0.735. The molecule has 10 heteroatoms. The number of nitrogens with zero attached hydrogens (tertiary/aromatic N) is 1. The lowest BCUT2D eigenvalue weighted by Crippen LogP contribution is -2.26. The molecule has 4 aromatic rings. The minimum absolute atomic E-state index is 0.0787. The average molecular weight is 496 g/mol. The molecule has 6 N–H and O–H groups in total. The fourth-order valence-electron chi connectivity index (χ4n) is 3.63. The Morgan fingerprint density at radius 3 is 2.74 bits per heavy atom. The molecule has 0 fully saturated rings. The van der Waals surface area contributed by atoms with E-state index in [2.05, 4.69) is 20.2 Å². The smallest absolute Gasteiger partial charge is 0.261 e. The van der Waals surface area contributed by atoms with Crippen LogP contribution in [-0.2, 0) is 10.0 Å². The number of aryl methyl sites for hydroxylation is 2. The first-order valence-electron chi connectivity index (χ1n) is 11.2. The number of hydrogen-bond donors (Lipinski definition) is 5. The van der Waals surface area contributed by atoms with Crippen molar-refractivity contribution in [2.45, 2.75) is 24.8 Å². The second-order valence-corrected chi connectivity index (χ2v) is 10.0. The van der Waals surface area contributed by atoms with E-state index in [1.807, 2.05) is 32.0 Å². The van der Waals surface area contributed by atoms with E-state index in [9.17, 15) is 13.5 Å². The normalized spacial score (nSPS) is 12.5. The Hall–Kier alpha value is -3.60. The van der Waals surface area contributed by atoms with Gasteiger partial charge in [-0.05, 0) is 61.4 Å². The van der Waals surface area contributed by atoms with Crippen molar-refractivity contribution in [2.24, 2.45) is 0 Å². The number of anilines is 2. The van der Waals surface area contributed by atoms with Crippen molar-refractivity contribution in [2.75, 3.05) is 30.2 Å². The van der Waals surface area contributed by atoms with E-state index in [-0.39, 0.29) is 11.4 Å². The van der Waals surface area contributed by atoms with Crippen LogP contribution >= 0.6 is 0 Å². The Morgan fingerprint density at radius 1 is 1.11 bits per heavy atom. The van der Waals surface area contributed by atoms with Crippen LogP contribution in [0.2, 0.25) is 0 Å². The molecule has 35 heavy (non-hydrogen) atoms. The minimum atomic E-state index is -3.81. The van der Waals surface area contributed by atoms with E-state index in [0.717, 1.165) is 27.9 Å². The highest BCUT2D eigenvalue weighted by Crippen LogP contribution is 2.23. The highest BCUT2D eigenvalue weighted by Gasteiger charge is 2.16. The monoisotopic (exact) mass is 495 g/mol. The number of nitrogens with two attached hydrogens (primary N) is 1. The molecule has 3 aromatic carbocycles. The van der Waals surface area contributed by atoms with Crippen LogP contribution in [0, 0.1) is 13.8 Å². The third-order valence-electron chi connectivity index (χ3n) is 5.69. The molecule has 1 atom stereocenters. The number of hydrogen-bond acceptors (Lipinski definition) is 7. The van der Waals surface area contributed by atoms with Gasteiger partial charge in [-0.15, -0.1) is 0 Å². The number of benzene rings is 3. The zero-order valence-corrected chi connectivity index (χ0v) is 20.4. The summed E-state index contributed by atoms with van der Waals surface area (Å²) in [6, 6.07) is 17.0. The summed E-state index contributed by atoms with van der Waals surface area (Å²) in [6.45, 7) is 4.99. The van der Waals surface area contributed by atoms with Gasteiger partial charge in [-0.3, -0.25) is 9.82 Å².